The Morgan fingerprint density at radius 2 is 2.06 bits per heavy atom. The standard InChI is InChI=1S/C11H12F3NO/c12-11(13,14)8-4-1-3-7(10(8)16)9-5-2-6-15-9/h1,3-4,9,15-16H,2,5-6H2. The van der Waals surface area contributed by atoms with Gasteiger partial charge in [-0.05, 0) is 25.5 Å². The fraction of sp³-hybridized carbons (Fsp3) is 0.455. The van der Waals surface area contributed by atoms with E-state index in [0.29, 0.717) is 5.56 Å². The monoisotopic (exact) mass is 231 g/mol. The maximum atomic E-state index is 12.5. The van der Waals surface area contributed by atoms with Crippen molar-refractivity contribution < 1.29 is 18.3 Å². The molecule has 1 saturated heterocycles. The molecule has 88 valence electrons. The molecule has 0 radical (unpaired) electrons. The van der Waals surface area contributed by atoms with Crippen LogP contribution in [0.1, 0.15) is 30.0 Å². The Labute approximate surface area is 91.1 Å². The normalized spacial score (nSPS) is 21.3. The lowest BCUT2D eigenvalue weighted by Crippen LogP contribution is -2.14. The number of phenolic OH excluding ortho intramolecular Hbond substituents is 1. The molecule has 1 aliphatic rings. The van der Waals surface area contributed by atoms with Gasteiger partial charge in [-0.25, -0.2) is 0 Å². The predicted octanol–water partition coefficient (Wildman–Crippen LogP) is 2.84. The molecule has 2 N–H and O–H groups in total. The van der Waals surface area contributed by atoms with Crippen LogP contribution in [0.5, 0.6) is 5.75 Å². The minimum atomic E-state index is -4.50. The number of alkyl halides is 3. The third kappa shape index (κ3) is 2.00. The van der Waals surface area contributed by atoms with Crippen LogP contribution >= 0.6 is 0 Å². The van der Waals surface area contributed by atoms with Crippen LogP contribution in [0.4, 0.5) is 13.2 Å². The van der Waals surface area contributed by atoms with E-state index in [4.69, 9.17) is 0 Å². The highest BCUT2D eigenvalue weighted by molar-refractivity contribution is 5.44. The molecule has 0 saturated carbocycles. The first-order valence-corrected chi connectivity index (χ1v) is 5.12. The van der Waals surface area contributed by atoms with Gasteiger partial charge in [0.05, 0.1) is 5.56 Å². The smallest absolute Gasteiger partial charge is 0.419 e. The van der Waals surface area contributed by atoms with Crippen molar-refractivity contribution in [2.45, 2.75) is 25.1 Å². The number of para-hydroxylation sites is 1. The first-order chi connectivity index (χ1) is 7.50. The Hall–Kier alpha value is -1.23. The van der Waals surface area contributed by atoms with Crippen LogP contribution in [0, 0.1) is 0 Å². The second kappa shape index (κ2) is 3.97. The summed E-state index contributed by atoms with van der Waals surface area (Å²) < 4.78 is 37.6. The summed E-state index contributed by atoms with van der Waals surface area (Å²) in [5.74, 6) is -0.644. The zero-order valence-electron chi connectivity index (χ0n) is 8.51. The minimum absolute atomic E-state index is 0.165. The molecule has 0 bridgehead atoms. The first-order valence-electron chi connectivity index (χ1n) is 5.12. The number of phenols is 1. The molecule has 2 nitrogen and oxygen atoms in total. The third-order valence-corrected chi connectivity index (χ3v) is 2.81. The molecule has 0 amide bonds. The van der Waals surface area contributed by atoms with E-state index >= 15 is 0 Å². The van der Waals surface area contributed by atoms with Gasteiger partial charge in [0.1, 0.15) is 5.75 Å². The molecular formula is C11H12F3NO. The molecular weight excluding hydrogens is 219 g/mol. The van der Waals surface area contributed by atoms with E-state index in [1.807, 2.05) is 0 Å². The van der Waals surface area contributed by atoms with Crippen molar-refractivity contribution in [1.29, 1.82) is 0 Å². The number of rotatable bonds is 1. The fourth-order valence-corrected chi connectivity index (χ4v) is 2.02. The fourth-order valence-electron chi connectivity index (χ4n) is 2.02. The molecule has 1 aliphatic heterocycles. The largest absolute Gasteiger partial charge is 0.507 e. The molecule has 0 aliphatic carbocycles. The second-order valence-electron chi connectivity index (χ2n) is 3.89. The van der Waals surface area contributed by atoms with E-state index in [1.165, 1.54) is 12.1 Å². The van der Waals surface area contributed by atoms with Gasteiger partial charge in [-0.15, -0.1) is 0 Å². The number of halogens is 3. The van der Waals surface area contributed by atoms with Crippen molar-refractivity contribution in [3.05, 3.63) is 29.3 Å². The summed E-state index contributed by atoms with van der Waals surface area (Å²) in [7, 11) is 0. The summed E-state index contributed by atoms with van der Waals surface area (Å²) in [6, 6.07) is 3.60. The van der Waals surface area contributed by atoms with Crippen molar-refractivity contribution in [1.82, 2.24) is 5.32 Å². The maximum absolute atomic E-state index is 12.5. The van der Waals surface area contributed by atoms with Gasteiger partial charge in [0, 0.05) is 11.6 Å². The van der Waals surface area contributed by atoms with Gasteiger partial charge >= 0.3 is 6.18 Å². The van der Waals surface area contributed by atoms with Crippen molar-refractivity contribution >= 4 is 0 Å². The Morgan fingerprint density at radius 3 is 2.62 bits per heavy atom. The zero-order chi connectivity index (χ0) is 11.8. The molecule has 16 heavy (non-hydrogen) atoms. The van der Waals surface area contributed by atoms with Gasteiger partial charge in [-0.3, -0.25) is 0 Å². The third-order valence-electron chi connectivity index (χ3n) is 2.81. The van der Waals surface area contributed by atoms with Gasteiger partial charge in [-0.1, -0.05) is 12.1 Å². The number of benzene rings is 1. The van der Waals surface area contributed by atoms with Gasteiger partial charge in [0.25, 0.3) is 0 Å². The lowest BCUT2D eigenvalue weighted by Gasteiger charge is -2.16. The summed E-state index contributed by atoms with van der Waals surface area (Å²) >= 11 is 0. The van der Waals surface area contributed by atoms with Crippen LogP contribution in [0.3, 0.4) is 0 Å². The second-order valence-corrected chi connectivity index (χ2v) is 3.89. The summed E-state index contributed by atoms with van der Waals surface area (Å²) in [6.45, 7) is 0.778. The highest BCUT2D eigenvalue weighted by Gasteiger charge is 2.35. The molecule has 0 aromatic heterocycles. The van der Waals surface area contributed by atoms with E-state index in [1.54, 1.807) is 0 Å². The van der Waals surface area contributed by atoms with Gasteiger partial charge < -0.3 is 10.4 Å². The predicted molar refractivity (Wildman–Crippen MR) is 53.1 cm³/mol. The molecule has 1 aromatic rings. The molecule has 2 rings (SSSR count). The summed E-state index contributed by atoms with van der Waals surface area (Å²) in [4.78, 5) is 0. The zero-order valence-corrected chi connectivity index (χ0v) is 8.51. The van der Waals surface area contributed by atoms with E-state index in [-0.39, 0.29) is 6.04 Å². The quantitative estimate of drug-likeness (QED) is 0.779. The lowest BCUT2D eigenvalue weighted by molar-refractivity contribution is -0.138. The average molecular weight is 231 g/mol. The molecule has 1 unspecified atom stereocenters. The Balaban J connectivity index is 2.40. The van der Waals surface area contributed by atoms with E-state index < -0.39 is 17.5 Å². The molecule has 5 heteroatoms. The van der Waals surface area contributed by atoms with Crippen molar-refractivity contribution in [3.8, 4) is 5.75 Å². The summed E-state index contributed by atoms with van der Waals surface area (Å²) in [6.07, 6.45) is -2.83. The van der Waals surface area contributed by atoms with E-state index in [9.17, 15) is 18.3 Å². The maximum Gasteiger partial charge on any atom is 0.419 e. The minimum Gasteiger partial charge on any atom is -0.507 e. The van der Waals surface area contributed by atoms with Crippen molar-refractivity contribution in [2.24, 2.45) is 0 Å². The SMILES string of the molecule is Oc1c(C2CCCN2)cccc1C(F)(F)F. The van der Waals surface area contributed by atoms with Gasteiger partial charge in [-0.2, -0.15) is 13.2 Å². The van der Waals surface area contributed by atoms with Gasteiger partial charge in [0.15, 0.2) is 0 Å². The Bertz CT molecular complexity index is 383. The first kappa shape index (κ1) is 11.3. The van der Waals surface area contributed by atoms with Crippen LogP contribution in [-0.2, 0) is 6.18 Å². The van der Waals surface area contributed by atoms with Crippen molar-refractivity contribution in [2.75, 3.05) is 6.54 Å². The topological polar surface area (TPSA) is 32.3 Å². The highest BCUT2D eigenvalue weighted by Crippen LogP contribution is 2.40. The highest BCUT2D eigenvalue weighted by atomic mass is 19.4. The Morgan fingerprint density at radius 1 is 1.31 bits per heavy atom. The summed E-state index contributed by atoms with van der Waals surface area (Å²) in [5, 5.41) is 12.7. The average Bonchev–Trinajstić information content (AvgIpc) is 2.69. The number of nitrogens with one attached hydrogen (secondary N) is 1. The van der Waals surface area contributed by atoms with Crippen LogP contribution in [0.25, 0.3) is 0 Å². The number of hydrogen-bond acceptors (Lipinski definition) is 2. The van der Waals surface area contributed by atoms with E-state index in [0.717, 1.165) is 25.5 Å². The van der Waals surface area contributed by atoms with Crippen LogP contribution in [0.15, 0.2) is 18.2 Å². The molecule has 1 atom stereocenters. The van der Waals surface area contributed by atoms with Gasteiger partial charge in [0.2, 0.25) is 0 Å². The van der Waals surface area contributed by atoms with E-state index in [2.05, 4.69) is 5.32 Å². The Kier molecular flexibility index (Phi) is 2.80. The number of hydrogen-bond donors (Lipinski definition) is 2. The van der Waals surface area contributed by atoms with Crippen LogP contribution in [-0.4, -0.2) is 11.7 Å². The van der Waals surface area contributed by atoms with Crippen LogP contribution < -0.4 is 5.32 Å². The molecule has 1 aromatic carbocycles. The summed E-state index contributed by atoms with van der Waals surface area (Å²) in [5.41, 5.74) is -0.619. The molecule has 1 heterocycles. The number of aromatic hydroxyl groups is 1. The molecule has 0 spiro atoms. The van der Waals surface area contributed by atoms with Crippen LogP contribution in [0.2, 0.25) is 0 Å². The lowest BCUT2D eigenvalue weighted by atomic mass is 10.0. The molecule has 1 fully saturated rings. The van der Waals surface area contributed by atoms with Crippen molar-refractivity contribution in [3.63, 3.8) is 0 Å².